The average Bonchev–Trinajstić information content (AvgIpc) is 2.80. The van der Waals surface area contributed by atoms with Gasteiger partial charge >= 0.3 is 0 Å². The Hall–Kier alpha value is -1.35. The number of benzene rings is 1. The molecule has 0 spiro atoms. The average molecular weight is 205 g/mol. The number of ether oxygens (including phenoxy) is 1. The lowest BCUT2D eigenvalue weighted by molar-refractivity contribution is 0.0945. The monoisotopic (exact) mass is 205 g/mol. The smallest absolute Gasteiger partial charge is 0.251 e. The van der Waals surface area contributed by atoms with Crippen LogP contribution in [-0.4, -0.2) is 25.7 Å². The molecule has 3 nitrogen and oxygen atoms in total. The summed E-state index contributed by atoms with van der Waals surface area (Å²) < 4.78 is 5.24. The van der Waals surface area contributed by atoms with E-state index in [0.717, 1.165) is 25.2 Å². The lowest BCUT2D eigenvalue weighted by Crippen LogP contribution is -2.29. The minimum Gasteiger partial charge on any atom is -0.381 e. The van der Waals surface area contributed by atoms with Crippen LogP contribution < -0.4 is 5.32 Å². The number of hydrogen-bond acceptors (Lipinski definition) is 2. The molecule has 0 radical (unpaired) electrons. The summed E-state index contributed by atoms with van der Waals surface area (Å²) in [4.78, 5) is 11.6. The quantitative estimate of drug-likeness (QED) is 0.811. The van der Waals surface area contributed by atoms with Gasteiger partial charge in [0.2, 0.25) is 0 Å². The lowest BCUT2D eigenvalue weighted by Gasteiger charge is -2.09. The zero-order valence-corrected chi connectivity index (χ0v) is 8.61. The van der Waals surface area contributed by atoms with E-state index in [0.29, 0.717) is 12.5 Å². The molecule has 15 heavy (non-hydrogen) atoms. The molecule has 1 aromatic rings. The van der Waals surface area contributed by atoms with Crippen molar-refractivity contribution in [3.05, 3.63) is 35.9 Å². The van der Waals surface area contributed by atoms with Crippen LogP contribution in [0.5, 0.6) is 0 Å². The standard InChI is InChI=1S/C12H15NO2/c14-12(11-4-2-1-3-5-11)13-8-10-6-7-15-9-10/h1-5,10H,6-9H2,(H,13,14). The van der Waals surface area contributed by atoms with Crippen molar-refractivity contribution in [3.63, 3.8) is 0 Å². The van der Waals surface area contributed by atoms with Gasteiger partial charge in [-0.05, 0) is 18.6 Å². The molecule has 1 unspecified atom stereocenters. The predicted octanol–water partition coefficient (Wildman–Crippen LogP) is 1.45. The van der Waals surface area contributed by atoms with Crippen molar-refractivity contribution in [2.24, 2.45) is 5.92 Å². The highest BCUT2D eigenvalue weighted by atomic mass is 16.5. The molecule has 3 heteroatoms. The third kappa shape index (κ3) is 2.80. The van der Waals surface area contributed by atoms with Crippen molar-refractivity contribution < 1.29 is 9.53 Å². The molecule has 1 saturated heterocycles. The highest BCUT2D eigenvalue weighted by molar-refractivity contribution is 5.94. The summed E-state index contributed by atoms with van der Waals surface area (Å²) >= 11 is 0. The molecule has 1 amide bonds. The first-order valence-corrected chi connectivity index (χ1v) is 5.27. The van der Waals surface area contributed by atoms with Crippen molar-refractivity contribution in [1.29, 1.82) is 0 Å². The van der Waals surface area contributed by atoms with Crippen LogP contribution in [0.2, 0.25) is 0 Å². The molecule has 1 aromatic carbocycles. The van der Waals surface area contributed by atoms with Crippen LogP contribution >= 0.6 is 0 Å². The SMILES string of the molecule is O=C(NCC1CCOC1)c1ccccc1. The van der Waals surface area contributed by atoms with Crippen LogP contribution in [0.1, 0.15) is 16.8 Å². The van der Waals surface area contributed by atoms with E-state index in [2.05, 4.69) is 5.32 Å². The largest absolute Gasteiger partial charge is 0.381 e. The number of carbonyl (C=O) groups is 1. The second-order valence-electron chi connectivity index (χ2n) is 3.81. The molecule has 1 aliphatic heterocycles. The number of hydrogen-bond donors (Lipinski definition) is 1. The summed E-state index contributed by atoms with van der Waals surface area (Å²) in [5.41, 5.74) is 0.719. The normalized spacial score (nSPS) is 20.1. The molecule has 1 atom stereocenters. The van der Waals surface area contributed by atoms with Gasteiger partial charge in [0.25, 0.3) is 5.91 Å². The maximum atomic E-state index is 11.6. The Morgan fingerprint density at radius 2 is 2.20 bits per heavy atom. The number of rotatable bonds is 3. The van der Waals surface area contributed by atoms with Crippen molar-refractivity contribution in [2.45, 2.75) is 6.42 Å². The Morgan fingerprint density at radius 3 is 2.87 bits per heavy atom. The van der Waals surface area contributed by atoms with E-state index in [1.807, 2.05) is 30.3 Å². The summed E-state index contributed by atoms with van der Waals surface area (Å²) in [5, 5.41) is 2.92. The first-order chi connectivity index (χ1) is 7.36. The van der Waals surface area contributed by atoms with Crippen LogP contribution in [-0.2, 0) is 4.74 Å². The van der Waals surface area contributed by atoms with Gasteiger partial charge in [-0.25, -0.2) is 0 Å². The van der Waals surface area contributed by atoms with Crippen LogP contribution in [0.4, 0.5) is 0 Å². The Morgan fingerprint density at radius 1 is 1.40 bits per heavy atom. The van der Waals surface area contributed by atoms with E-state index in [-0.39, 0.29) is 5.91 Å². The number of nitrogens with one attached hydrogen (secondary N) is 1. The van der Waals surface area contributed by atoms with Gasteiger partial charge in [-0.1, -0.05) is 18.2 Å². The topological polar surface area (TPSA) is 38.3 Å². The summed E-state index contributed by atoms with van der Waals surface area (Å²) in [6, 6.07) is 9.28. The molecule has 1 aliphatic rings. The summed E-state index contributed by atoms with van der Waals surface area (Å²) in [7, 11) is 0. The fourth-order valence-corrected chi connectivity index (χ4v) is 1.67. The van der Waals surface area contributed by atoms with Crippen molar-refractivity contribution in [3.8, 4) is 0 Å². The second kappa shape index (κ2) is 4.94. The molecular formula is C12H15NO2. The van der Waals surface area contributed by atoms with Gasteiger partial charge in [-0.2, -0.15) is 0 Å². The molecule has 80 valence electrons. The van der Waals surface area contributed by atoms with Gasteiger partial charge in [-0.3, -0.25) is 4.79 Å². The predicted molar refractivity (Wildman–Crippen MR) is 57.7 cm³/mol. The maximum Gasteiger partial charge on any atom is 0.251 e. The molecule has 1 N–H and O–H groups in total. The summed E-state index contributed by atoms with van der Waals surface area (Å²) in [6.45, 7) is 2.31. The summed E-state index contributed by atoms with van der Waals surface area (Å²) in [5.74, 6) is 0.486. The molecular weight excluding hydrogens is 190 g/mol. The fraction of sp³-hybridized carbons (Fsp3) is 0.417. The first-order valence-electron chi connectivity index (χ1n) is 5.27. The zero-order valence-electron chi connectivity index (χ0n) is 8.61. The van der Waals surface area contributed by atoms with E-state index in [9.17, 15) is 4.79 Å². The number of carbonyl (C=O) groups excluding carboxylic acids is 1. The van der Waals surface area contributed by atoms with Gasteiger partial charge < -0.3 is 10.1 Å². The maximum absolute atomic E-state index is 11.6. The minimum atomic E-state index is 0.00231. The van der Waals surface area contributed by atoms with E-state index in [4.69, 9.17) is 4.74 Å². The van der Waals surface area contributed by atoms with Gasteiger partial charge in [0.15, 0.2) is 0 Å². The molecule has 0 saturated carbocycles. The van der Waals surface area contributed by atoms with E-state index in [1.54, 1.807) is 0 Å². The van der Waals surface area contributed by atoms with Crippen LogP contribution in [0.3, 0.4) is 0 Å². The summed E-state index contributed by atoms with van der Waals surface area (Å²) in [6.07, 6.45) is 1.05. The van der Waals surface area contributed by atoms with Crippen molar-refractivity contribution in [1.82, 2.24) is 5.32 Å². The van der Waals surface area contributed by atoms with Gasteiger partial charge in [-0.15, -0.1) is 0 Å². The third-order valence-corrected chi connectivity index (χ3v) is 2.61. The van der Waals surface area contributed by atoms with Crippen LogP contribution in [0.25, 0.3) is 0 Å². The Balaban J connectivity index is 1.82. The van der Waals surface area contributed by atoms with Crippen LogP contribution in [0.15, 0.2) is 30.3 Å². The second-order valence-corrected chi connectivity index (χ2v) is 3.81. The fourth-order valence-electron chi connectivity index (χ4n) is 1.67. The zero-order chi connectivity index (χ0) is 10.5. The lowest BCUT2D eigenvalue weighted by atomic mass is 10.1. The minimum absolute atomic E-state index is 0.00231. The molecule has 1 heterocycles. The molecule has 0 aromatic heterocycles. The Kier molecular flexibility index (Phi) is 3.35. The Labute approximate surface area is 89.4 Å². The highest BCUT2D eigenvalue weighted by Crippen LogP contribution is 2.10. The van der Waals surface area contributed by atoms with Crippen molar-refractivity contribution in [2.75, 3.05) is 19.8 Å². The van der Waals surface area contributed by atoms with Crippen molar-refractivity contribution >= 4 is 5.91 Å². The molecule has 0 bridgehead atoms. The molecule has 1 fully saturated rings. The van der Waals surface area contributed by atoms with E-state index < -0.39 is 0 Å². The van der Waals surface area contributed by atoms with Gasteiger partial charge in [0.05, 0.1) is 6.61 Å². The number of amides is 1. The Bertz CT molecular complexity index is 318. The molecule has 0 aliphatic carbocycles. The molecule has 2 rings (SSSR count). The van der Waals surface area contributed by atoms with E-state index >= 15 is 0 Å². The highest BCUT2D eigenvalue weighted by Gasteiger charge is 2.16. The van der Waals surface area contributed by atoms with Crippen LogP contribution in [0, 0.1) is 5.92 Å². The third-order valence-electron chi connectivity index (χ3n) is 2.61. The first kappa shape index (κ1) is 10.2. The van der Waals surface area contributed by atoms with Gasteiger partial charge in [0, 0.05) is 24.6 Å². The van der Waals surface area contributed by atoms with Gasteiger partial charge in [0.1, 0.15) is 0 Å². The van der Waals surface area contributed by atoms with E-state index in [1.165, 1.54) is 0 Å².